The van der Waals surface area contributed by atoms with Crippen molar-refractivity contribution in [3.63, 3.8) is 0 Å². The van der Waals surface area contributed by atoms with Gasteiger partial charge < -0.3 is 14.6 Å². The van der Waals surface area contributed by atoms with Crippen LogP contribution in [0.2, 0.25) is 0 Å². The highest BCUT2D eigenvalue weighted by Gasteiger charge is 2.40. The van der Waals surface area contributed by atoms with E-state index in [4.69, 9.17) is 9.47 Å². The normalized spacial score (nSPS) is 16.8. The number of piperidine rings is 1. The zero-order valence-corrected chi connectivity index (χ0v) is 16.8. The summed E-state index contributed by atoms with van der Waals surface area (Å²) in [4.78, 5) is 13.2. The first-order valence-electron chi connectivity index (χ1n) is 9.61. The minimum Gasteiger partial charge on any atom is -0.496 e. The Morgan fingerprint density at radius 2 is 1.60 bits per heavy atom. The molecule has 0 bridgehead atoms. The molecule has 0 spiro atoms. The van der Waals surface area contributed by atoms with E-state index >= 15 is 0 Å². The van der Waals surface area contributed by atoms with Crippen LogP contribution >= 0.6 is 0 Å². The second-order valence-electron chi connectivity index (χ2n) is 7.21. The van der Waals surface area contributed by atoms with Gasteiger partial charge in [0.1, 0.15) is 11.5 Å². The molecule has 1 saturated heterocycles. The monoisotopic (exact) mass is 423 g/mol. The van der Waals surface area contributed by atoms with Crippen LogP contribution in [0.1, 0.15) is 35.6 Å². The standard InChI is InChI=1S/C22H24F3NO4/c1-29-17-8-5-9-18(30-2)19(17)20(26-12-10-14(11-13-26)21(27)28)15-6-3-4-7-16(15)22(23,24)25/h3-9,14,20H,10-13H2,1-2H3,(H,27,28). The van der Waals surface area contributed by atoms with Gasteiger partial charge in [0.05, 0.1) is 37.3 Å². The smallest absolute Gasteiger partial charge is 0.416 e. The Kier molecular flexibility index (Phi) is 6.55. The molecular formula is C22H24F3NO4. The summed E-state index contributed by atoms with van der Waals surface area (Å²) in [6.45, 7) is 0.685. The number of alkyl halides is 3. The number of methoxy groups -OCH3 is 2. The largest absolute Gasteiger partial charge is 0.496 e. The maximum Gasteiger partial charge on any atom is 0.416 e. The number of carboxylic acid groups (broad SMARTS) is 1. The van der Waals surface area contributed by atoms with E-state index in [9.17, 15) is 23.1 Å². The van der Waals surface area contributed by atoms with E-state index in [1.807, 2.05) is 4.90 Å². The molecule has 1 heterocycles. The van der Waals surface area contributed by atoms with Crippen LogP contribution < -0.4 is 9.47 Å². The molecule has 1 aliphatic rings. The molecule has 8 heteroatoms. The van der Waals surface area contributed by atoms with Crippen molar-refractivity contribution in [1.29, 1.82) is 0 Å². The molecular weight excluding hydrogens is 399 g/mol. The number of hydrogen-bond acceptors (Lipinski definition) is 4. The molecule has 30 heavy (non-hydrogen) atoms. The predicted octanol–water partition coefficient (Wildman–Crippen LogP) is 4.61. The average molecular weight is 423 g/mol. The number of likely N-dealkylation sites (tertiary alicyclic amines) is 1. The lowest BCUT2D eigenvalue weighted by Gasteiger charge is -2.38. The molecule has 2 aromatic carbocycles. The van der Waals surface area contributed by atoms with Crippen LogP contribution in [-0.4, -0.2) is 43.3 Å². The molecule has 1 aliphatic heterocycles. The third kappa shape index (κ3) is 4.38. The van der Waals surface area contributed by atoms with Crippen molar-refractivity contribution in [3.05, 3.63) is 59.2 Å². The number of carbonyl (C=O) groups is 1. The fourth-order valence-corrected chi connectivity index (χ4v) is 4.08. The van der Waals surface area contributed by atoms with Crippen molar-refractivity contribution in [1.82, 2.24) is 4.90 Å². The highest BCUT2D eigenvalue weighted by atomic mass is 19.4. The van der Waals surface area contributed by atoms with Gasteiger partial charge >= 0.3 is 12.1 Å². The van der Waals surface area contributed by atoms with E-state index in [1.54, 1.807) is 24.3 Å². The van der Waals surface area contributed by atoms with Gasteiger partial charge in [-0.3, -0.25) is 9.69 Å². The van der Waals surface area contributed by atoms with E-state index in [1.165, 1.54) is 26.4 Å². The molecule has 0 amide bonds. The van der Waals surface area contributed by atoms with Gasteiger partial charge in [0.15, 0.2) is 0 Å². The molecule has 2 aromatic rings. The first kappa shape index (κ1) is 22.0. The van der Waals surface area contributed by atoms with Gasteiger partial charge in [-0.05, 0) is 49.7 Å². The van der Waals surface area contributed by atoms with Crippen molar-refractivity contribution in [2.75, 3.05) is 27.3 Å². The lowest BCUT2D eigenvalue weighted by molar-refractivity contribution is -0.143. The fraction of sp³-hybridized carbons (Fsp3) is 0.409. The lowest BCUT2D eigenvalue weighted by Crippen LogP contribution is -2.40. The molecule has 1 fully saturated rings. The quantitative estimate of drug-likeness (QED) is 0.736. The highest BCUT2D eigenvalue weighted by molar-refractivity contribution is 5.70. The van der Waals surface area contributed by atoms with E-state index < -0.39 is 29.7 Å². The maximum atomic E-state index is 13.9. The Hall–Kier alpha value is -2.74. The summed E-state index contributed by atoms with van der Waals surface area (Å²) in [7, 11) is 2.92. The maximum absolute atomic E-state index is 13.9. The second-order valence-corrected chi connectivity index (χ2v) is 7.21. The van der Waals surface area contributed by atoms with Gasteiger partial charge in [0.2, 0.25) is 0 Å². The number of rotatable bonds is 6. The minimum atomic E-state index is -4.54. The van der Waals surface area contributed by atoms with Crippen molar-refractivity contribution in [3.8, 4) is 11.5 Å². The topological polar surface area (TPSA) is 59.0 Å². The lowest BCUT2D eigenvalue weighted by atomic mass is 9.88. The third-order valence-electron chi connectivity index (χ3n) is 5.54. The van der Waals surface area contributed by atoms with E-state index in [0.717, 1.165) is 6.07 Å². The SMILES string of the molecule is COc1cccc(OC)c1C(c1ccccc1C(F)(F)F)N1CCC(C(=O)O)CC1. The summed E-state index contributed by atoms with van der Waals surface area (Å²) in [6, 6.07) is 9.74. The average Bonchev–Trinajstić information content (AvgIpc) is 2.74. The predicted molar refractivity (Wildman–Crippen MR) is 105 cm³/mol. The number of halogens is 3. The number of nitrogens with zero attached hydrogens (tertiary/aromatic N) is 1. The number of carboxylic acids is 1. The first-order valence-corrected chi connectivity index (χ1v) is 9.61. The van der Waals surface area contributed by atoms with Gasteiger partial charge in [-0.15, -0.1) is 0 Å². The highest BCUT2D eigenvalue weighted by Crippen LogP contribution is 2.45. The first-order chi connectivity index (χ1) is 14.3. The van der Waals surface area contributed by atoms with Gasteiger partial charge in [-0.25, -0.2) is 0 Å². The van der Waals surface area contributed by atoms with Crippen molar-refractivity contribution < 1.29 is 32.5 Å². The van der Waals surface area contributed by atoms with Crippen LogP contribution in [0.5, 0.6) is 11.5 Å². The van der Waals surface area contributed by atoms with Crippen LogP contribution in [0.25, 0.3) is 0 Å². The summed E-state index contributed by atoms with van der Waals surface area (Å²) in [6.07, 6.45) is -3.82. The summed E-state index contributed by atoms with van der Waals surface area (Å²) < 4.78 is 52.6. The molecule has 162 valence electrons. The fourth-order valence-electron chi connectivity index (χ4n) is 4.08. The van der Waals surface area contributed by atoms with E-state index in [2.05, 4.69) is 0 Å². The van der Waals surface area contributed by atoms with E-state index in [0.29, 0.717) is 43.0 Å². The van der Waals surface area contributed by atoms with Crippen molar-refractivity contribution in [2.24, 2.45) is 5.92 Å². The van der Waals surface area contributed by atoms with Gasteiger partial charge in [-0.2, -0.15) is 13.2 Å². The zero-order valence-electron chi connectivity index (χ0n) is 16.8. The third-order valence-corrected chi connectivity index (χ3v) is 5.54. The minimum absolute atomic E-state index is 0.0848. The van der Waals surface area contributed by atoms with Gasteiger partial charge in [-0.1, -0.05) is 24.3 Å². The van der Waals surface area contributed by atoms with Crippen LogP contribution in [0, 0.1) is 5.92 Å². The van der Waals surface area contributed by atoms with Crippen molar-refractivity contribution in [2.45, 2.75) is 25.1 Å². The van der Waals surface area contributed by atoms with Crippen LogP contribution in [0.15, 0.2) is 42.5 Å². The molecule has 0 radical (unpaired) electrons. The van der Waals surface area contributed by atoms with Crippen LogP contribution in [0.3, 0.4) is 0 Å². The van der Waals surface area contributed by atoms with Crippen LogP contribution in [0.4, 0.5) is 13.2 Å². The Balaban J connectivity index is 2.17. The van der Waals surface area contributed by atoms with Crippen LogP contribution in [-0.2, 0) is 11.0 Å². The summed E-state index contributed by atoms with van der Waals surface area (Å²) >= 11 is 0. The molecule has 0 aliphatic carbocycles. The summed E-state index contributed by atoms with van der Waals surface area (Å²) in [5, 5.41) is 9.31. The molecule has 3 rings (SSSR count). The Bertz CT molecular complexity index is 870. The zero-order chi connectivity index (χ0) is 21.9. The van der Waals surface area contributed by atoms with Gasteiger partial charge in [0.25, 0.3) is 0 Å². The molecule has 0 saturated carbocycles. The van der Waals surface area contributed by atoms with Gasteiger partial charge in [0, 0.05) is 0 Å². The molecule has 1 N–H and O–H groups in total. The number of aliphatic carboxylic acids is 1. The van der Waals surface area contributed by atoms with Crippen molar-refractivity contribution >= 4 is 5.97 Å². The molecule has 0 aromatic heterocycles. The number of benzene rings is 2. The molecule has 5 nitrogen and oxygen atoms in total. The Morgan fingerprint density at radius 1 is 1.03 bits per heavy atom. The summed E-state index contributed by atoms with van der Waals surface area (Å²) in [5.74, 6) is -0.551. The van der Waals surface area contributed by atoms with E-state index in [-0.39, 0.29) is 5.56 Å². The molecule has 1 unspecified atom stereocenters. The molecule has 1 atom stereocenters. The number of ether oxygens (including phenoxy) is 2. The summed E-state index contributed by atoms with van der Waals surface area (Å²) in [5.41, 5.74) is -0.155. The Labute approximate surface area is 173 Å². The number of hydrogen-bond donors (Lipinski definition) is 1. The second kappa shape index (κ2) is 8.95. The Morgan fingerprint density at radius 3 is 2.10 bits per heavy atom.